The van der Waals surface area contributed by atoms with Crippen molar-refractivity contribution in [1.29, 1.82) is 0 Å². The van der Waals surface area contributed by atoms with Gasteiger partial charge in [0.25, 0.3) is 0 Å². The van der Waals surface area contributed by atoms with Crippen LogP contribution in [0.5, 0.6) is 0 Å². The van der Waals surface area contributed by atoms with Gasteiger partial charge in [-0.05, 0) is 40.9 Å². The maximum absolute atomic E-state index is 6.02. The topological polar surface area (TPSA) is 38.2 Å². The first kappa shape index (κ1) is 18.4. The first-order valence-corrected chi connectivity index (χ1v) is 9.80. The van der Waals surface area contributed by atoms with Gasteiger partial charge in [-0.3, -0.25) is 0 Å². The van der Waals surface area contributed by atoms with Gasteiger partial charge in [0, 0.05) is 23.3 Å². The molecule has 0 amide bonds. The molecule has 0 bridgehead atoms. The molecule has 2 aromatic rings. The molecule has 0 saturated carbocycles. The van der Waals surface area contributed by atoms with E-state index in [1.54, 1.807) is 0 Å². The highest BCUT2D eigenvalue weighted by Gasteiger charge is 2.30. The Hall–Kier alpha value is -1.43. The molecule has 0 N–H and O–H groups in total. The number of nitrogens with zero attached hydrogens (tertiary/aromatic N) is 3. The average Bonchev–Trinajstić information content (AvgIpc) is 2.57. The van der Waals surface area contributed by atoms with Crippen LogP contribution >= 0.6 is 11.8 Å². The number of rotatable bonds is 6. The Morgan fingerprint density at radius 2 is 1.92 bits per heavy atom. The number of hydrogen-bond donors (Lipinski definition) is 0. The van der Waals surface area contributed by atoms with Crippen molar-refractivity contribution in [3.8, 4) is 11.4 Å². The van der Waals surface area contributed by atoms with Crippen molar-refractivity contribution in [3.63, 3.8) is 0 Å². The highest BCUT2D eigenvalue weighted by Crippen LogP contribution is 2.34. The predicted molar refractivity (Wildman–Crippen MR) is 104 cm³/mol. The fraction of sp³-hybridized carbons (Fsp3) is 0.500. The van der Waals surface area contributed by atoms with Gasteiger partial charge in [0.1, 0.15) is 5.03 Å². The van der Waals surface area contributed by atoms with Crippen molar-refractivity contribution in [2.45, 2.75) is 43.9 Å². The Kier molecular flexibility index (Phi) is 5.77. The summed E-state index contributed by atoms with van der Waals surface area (Å²) in [5, 5.41) is 1.08. The second-order valence-corrected chi connectivity index (χ2v) is 8.46. The summed E-state index contributed by atoms with van der Waals surface area (Å²) >= 11 is 1.83. The van der Waals surface area contributed by atoms with Crippen LogP contribution in [0.15, 0.2) is 35.4 Å². The van der Waals surface area contributed by atoms with Crippen molar-refractivity contribution in [3.05, 3.63) is 41.6 Å². The van der Waals surface area contributed by atoms with Gasteiger partial charge in [-0.15, -0.1) is 11.8 Å². The van der Waals surface area contributed by atoms with Crippen molar-refractivity contribution in [2.75, 3.05) is 26.4 Å². The smallest absolute Gasteiger partial charge is 0.160 e. The quantitative estimate of drug-likeness (QED) is 0.443. The van der Waals surface area contributed by atoms with Crippen LogP contribution in [0.25, 0.3) is 11.4 Å². The largest absolute Gasteiger partial charge is 0.370 e. The molecule has 134 valence electrons. The third kappa shape index (κ3) is 4.81. The minimum absolute atomic E-state index is 0.165. The fourth-order valence-corrected chi connectivity index (χ4v) is 3.87. The lowest BCUT2D eigenvalue weighted by Gasteiger charge is -2.32. The molecule has 25 heavy (non-hydrogen) atoms. The van der Waals surface area contributed by atoms with E-state index in [0.29, 0.717) is 6.61 Å². The molecule has 0 fully saturated rings. The van der Waals surface area contributed by atoms with Gasteiger partial charge in [0.2, 0.25) is 0 Å². The minimum atomic E-state index is -0.165. The number of aromatic nitrogens is 2. The zero-order valence-corrected chi connectivity index (χ0v) is 16.4. The van der Waals surface area contributed by atoms with Gasteiger partial charge in [-0.25, -0.2) is 9.97 Å². The van der Waals surface area contributed by atoms with Crippen LogP contribution < -0.4 is 0 Å². The molecule has 1 aliphatic rings. The molecule has 0 spiro atoms. The molecule has 0 saturated heterocycles. The zero-order valence-electron chi connectivity index (χ0n) is 15.6. The maximum atomic E-state index is 6.02. The normalized spacial score (nSPS) is 16.0. The van der Waals surface area contributed by atoms with Crippen LogP contribution in [0.2, 0.25) is 0 Å². The van der Waals surface area contributed by atoms with Crippen LogP contribution in [0.4, 0.5) is 0 Å². The number of benzene rings is 1. The third-order valence-corrected chi connectivity index (χ3v) is 5.38. The molecular formula is C20H27N3OS. The van der Waals surface area contributed by atoms with Crippen molar-refractivity contribution >= 4 is 11.8 Å². The van der Waals surface area contributed by atoms with Gasteiger partial charge < -0.3 is 9.64 Å². The monoisotopic (exact) mass is 357 g/mol. The number of hydrogen-bond acceptors (Lipinski definition) is 5. The Bertz CT molecular complexity index is 716. The molecule has 5 heteroatoms. The molecule has 0 atom stereocenters. The summed E-state index contributed by atoms with van der Waals surface area (Å²) in [5.41, 5.74) is 3.22. The molecule has 1 aromatic carbocycles. The fourth-order valence-electron chi connectivity index (χ4n) is 2.91. The van der Waals surface area contributed by atoms with Gasteiger partial charge >= 0.3 is 0 Å². The Labute approximate surface area is 155 Å². The summed E-state index contributed by atoms with van der Waals surface area (Å²) in [6.45, 7) is 5.96. The van der Waals surface area contributed by atoms with Gasteiger partial charge in [-0.1, -0.05) is 30.3 Å². The van der Waals surface area contributed by atoms with E-state index in [-0.39, 0.29) is 5.60 Å². The molecular weight excluding hydrogens is 330 g/mol. The highest BCUT2D eigenvalue weighted by atomic mass is 32.2. The summed E-state index contributed by atoms with van der Waals surface area (Å²) in [7, 11) is 4.22. The molecule has 0 aliphatic carbocycles. The molecule has 0 radical (unpaired) electrons. The van der Waals surface area contributed by atoms with Crippen molar-refractivity contribution in [1.82, 2.24) is 14.9 Å². The van der Waals surface area contributed by atoms with Gasteiger partial charge in [0.15, 0.2) is 5.82 Å². The van der Waals surface area contributed by atoms with Gasteiger partial charge in [-0.2, -0.15) is 0 Å². The highest BCUT2D eigenvalue weighted by molar-refractivity contribution is 7.99. The van der Waals surface area contributed by atoms with Crippen LogP contribution in [0.1, 0.15) is 31.5 Å². The van der Waals surface area contributed by atoms with E-state index in [9.17, 15) is 0 Å². The first-order chi connectivity index (χ1) is 11.9. The minimum Gasteiger partial charge on any atom is -0.370 e. The van der Waals surface area contributed by atoms with Crippen LogP contribution in [-0.4, -0.2) is 46.9 Å². The first-order valence-electron chi connectivity index (χ1n) is 8.81. The second-order valence-electron chi connectivity index (χ2n) is 7.37. The molecule has 1 aliphatic heterocycles. The van der Waals surface area contributed by atoms with E-state index >= 15 is 0 Å². The standard InChI is InChI=1S/C20H27N3OS/c1-20(2)13-17-16(14-24-20)19(25-12-8-11-23(3)4)22-18(21-17)15-9-6-5-7-10-15/h5-7,9-10H,8,11-14H2,1-4H3. The third-order valence-electron chi connectivity index (χ3n) is 4.28. The molecule has 1 aromatic heterocycles. The zero-order chi connectivity index (χ0) is 17.9. The number of fused-ring (bicyclic) bond motifs is 1. The molecule has 4 nitrogen and oxygen atoms in total. The average molecular weight is 358 g/mol. The van der Waals surface area contributed by atoms with E-state index in [0.717, 1.165) is 47.2 Å². The van der Waals surface area contributed by atoms with E-state index < -0.39 is 0 Å². The van der Waals surface area contributed by atoms with Gasteiger partial charge in [0.05, 0.1) is 17.9 Å². The predicted octanol–water partition coefficient (Wildman–Crippen LogP) is 4.04. The Morgan fingerprint density at radius 3 is 2.64 bits per heavy atom. The van der Waals surface area contributed by atoms with Crippen molar-refractivity contribution < 1.29 is 4.74 Å². The lowest BCUT2D eigenvalue weighted by molar-refractivity contribution is -0.0428. The van der Waals surface area contributed by atoms with E-state index in [1.807, 2.05) is 30.0 Å². The second kappa shape index (κ2) is 7.85. The SMILES string of the molecule is CN(C)CCCSc1nc(-c2ccccc2)nc2c1COC(C)(C)C2. The summed E-state index contributed by atoms with van der Waals surface area (Å²) in [6, 6.07) is 10.2. The maximum Gasteiger partial charge on any atom is 0.160 e. The van der Waals surface area contributed by atoms with Crippen LogP contribution in [0, 0.1) is 0 Å². The lowest BCUT2D eigenvalue weighted by Crippen LogP contribution is -2.33. The number of ether oxygens (including phenoxy) is 1. The van der Waals surface area contributed by atoms with E-state index in [1.165, 1.54) is 5.56 Å². The lowest BCUT2D eigenvalue weighted by atomic mass is 9.96. The summed E-state index contributed by atoms with van der Waals surface area (Å²) in [4.78, 5) is 12.0. The molecule has 2 heterocycles. The van der Waals surface area contributed by atoms with E-state index in [2.05, 4.69) is 45.0 Å². The van der Waals surface area contributed by atoms with Crippen molar-refractivity contribution in [2.24, 2.45) is 0 Å². The number of thioether (sulfide) groups is 1. The molecule has 0 unspecified atom stereocenters. The summed E-state index contributed by atoms with van der Waals surface area (Å²) in [6.07, 6.45) is 1.97. The Morgan fingerprint density at radius 1 is 1.16 bits per heavy atom. The van der Waals surface area contributed by atoms with E-state index in [4.69, 9.17) is 14.7 Å². The van der Waals surface area contributed by atoms with Crippen LogP contribution in [0.3, 0.4) is 0 Å². The van der Waals surface area contributed by atoms with Crippen LogP contribution in [-0.2, 0) is 17.8 Å². The summed E-state index contributed by atoms with van der Waals surface area (Å²) in [5.74, 6) is 1.88. The Balaban J connectivity index is 1.89. The molecule has 3 rings (SSSR count). The summed E-state index contributed by atoms with van der Waals surface area (Å²) < 4.78 is 6.02.